The highest BCUT2D eigenvalue weighted by Crippen LogP contribution is 2.31. The van der Waals surface area contributed by atoms with Crippen LogP contribution < -0.4 is 0 Å². The molecule has 0 N–H and O–H groups in total. The van der Waals surface area contributed by atoms with Crippen molar-refractivity contribution in [1.29, 1.82) is 0 Å². The Morgan fingerprint density at radius 2 is 2.05 bits per heavy atom. The van der Waals surface area contributed by atoms with Crippen molar-refractivity contribution < 1.29 is 4.79 Å². The number of carbonyl (C=O) groups is 1. The Bertz CT molecular complexity index is 528. The Morgan fingerprint density at radius 3 is 2.43 bits per heavy atom. The topological polar surface area (TPSA) is 38.1 Å². The van der Waals surface area contributed by atoms with Crippen molar-refractivity contribution in [3.63, 3.8) is 0 Å². The summed E-state index contributed by atoms with van der Waals surface area (Å²) < 4.78 is 1.88. The fourth-order valence-electron chi connectivity index (χ4n) is 2.65. The predicted molar refractivity (Wildman–Crippen MR) is 87.1 cm³/mol. The van der Waals surface area contributed by atoms with Crippen LogP contribution in [0.25, 0.3) is 0 Å². The van der Waals surface area contributed by atoms with E-state index in [1.54, 1.807) is 0 Å². The molecule has 0 saturated heterocycles. The zero-order valence-electron chi connectivity index (χ0n) is 14.5. The summed E-state index contributed by atoms with van der Waals surface area (Å²) in [5, 5.41) is 4.47. The quantitative estimate of drug-likeness (QED) is 0.752. The molecular formula is C17H29N3O. The summed E-state index contributed by atoms with van der Waals surface area (Å²) in [6.07, 6.45) is 2.43. The fourth-order valence-corrected chi connectivity index (χ4v) is 2.65. The number of nitrogens with zero attached hydrogens (tertiary/aromatic N) is 3. The van der Waals surface area contributed by atoms with Gasteiger partial charge in [0.05, 0.1) is 11.7 Å². The highest BCUT2D eigenvalue weighted by Gasteiger charge is 2.29. The van der Waals surface area contributed by atoms with E-state index in [1.165, 1.54) is 6.08 Å². The number of amides is 1. The molecule has 4 heteroatoms. The average Bonchev–Trinajstić information content (AvgIpc) is 2.68. The van der Waals surface area contributed by atoms with Crippen LogP contribution in [0.5, 0.6) is 0 Å². The molecule has 0 saturated carbocycles. The van der Waals surface area contributed by atoms with Crippen LogP contribution in [0.1, 0.15) is 57.1 Å². The van der Waals surface area contributed by atoms with Crippen molar-refractivity contribution in [3.8, 4) is 0 Å². The SMILES string of the molecule is C=CC(=O)N(CC(C)(C)CC)C(C)c1c(C)nn(C)c1C. The number of hydrogen-bond acceptors (Lipinski definition) is 2. The maximum atomic E-state index is 12.3. The van der Waals surface area contributed by atoms with Crippen LogP contribution >= 0.6 is 0 Å². The zero-order chi connectivity index (χ0) is 16.4. The minimum absolute atomic E-state index is 0.00461. The van der Waals surface area contributed by atoms with Gasteiger partial charge >= 0.3 is 0 Å². The van der Waals surface area contributed by atoms with Crippen LogP contribution in [0.15, 0.2) is 12.7 Å². The first-order valence-corrected chi connectivity index (χ1v) is 7.57. The Hall–Kier alpha value is -1.58. The molecule has 118 valence electrons. The summed E-state index contributed by atoms with van der Waals surface area (Å²) in [5.74, 6) is -0.0216. The molecule has 1 aromatic heterocycles. The Kier molecular flexibility index (Phi) is 5.37. The van der Waals surface area contributed by atoms with Crippen LogP contribution in [0.3, 0.4) is 0 Å². The van der Waals surface area contributed by atoms with Crippen LogP contribution in [-0.2, 0) is 11.8 Å². The molecular weight excluding hydrogens is 262 g/mol. The van der Waals surface area contributed by atoms with Gasteiger partial charge in [0.15, 0.2) is 0 Å². The van der Waals surface area contributed by atoms with Crippen LogP contribution in [0, 0.1) is 19.3 Å². The van der Waals surface area contributed by atoms with Gasteiger partial charge < -0.3 is 4.90 Å². The van der Waals surface area contributed by atoms with Crippen molar-refractivity contribution in [2.45, 2.75) is 54.0 Å². The molecule has 0 aromatic carbocycles. The molecule has 1 heterocycles. The summed E-state index contributed by atoms with van der Waals surface area (Å²) in [7, 11) is 1.94. The predicted octanol–water partition coefficient (Wildman–Crippen LogP) is 3.55. The van der Waals surface area contributed by atoms with Gasteiger partial charge in [-0.15, -0.1) is 0 Å². The van der Waals surface area contributed by atoms with Crippen LogP contribution in [0.2, 0.25) is 0 Å². The number of carbonyl (C=O) groups excluding carboxylic acids is 1. The Balaban J connectivity index is 3.20. The summed E-state index contributed by atoms with van der Waals surface area (Å²) >= 11 is 0. The molecule has 1 unspecified atom stereocenters. The van der Waals surface area contributed by atoms with E-state index in [2.05, 4.69) is 39.4 Å². The maximum Gasteiger partial charge on any atom is 0.246 e. The minimum atomic E-state index is -0.0216. The minimum Gasteiger partial charge on any atom is -0.332 e. The van der Waals surface area contributed by atoms with Gasteiger partial charge in [-0.1, -0.05) is 27.4 Å². The van der Waals surface area contributed by atoms with Gasteiger partial charge in [-0.25, -0.2) is 0 Å². The number of aryl methyl sites for hydroxylation is 2. The second-order valence-corrected chi connectivity index (χ2v) is 6.57. The third-order valence-electron chi connectivity index (χ3n) is 4.46. The van der Waals surface area contributed by atoms with E-state index in [0.717, 1.165) is 23.4 Å². The molecule has 0 aliphatic heterocycles. The van der Waals surface area contributed by atoms with Gasteiger partial charge in [0.25, 0.3) is 0 Å². The smallest absolute Gasteiger partial charge is 0.246 e. The molecule has 1 aromatic rings. The summed E-state index contributed by atoms with van der Waals surface area (Å²) in [6, 6.07) is -0.00461. The van der Waals surface area contributed by atoms with Crippen LogP contribution in [-0.4, -0.2) is 27.1 Å². The van der Waals surface area contributed by atoms with Gasteiger partial charge in [-0.2, -0.15) is 5.10 Å². The molecule has 21 heavy (non-hydrogen) atoms. The van der Waals surface area contributed by atoms with E-state index in [4.69, 9.17) is 0 Å². The first kappa shape index (κ1) is 17.5. The molecule has 4 nitrogen and oxygen atoms in total. The lowest BCUT2D eigenvalue weighted by Crippen LogP contribution is -2.39. The van der Waals surface area contributed by atoms with Gasteiger partial charge in [0, 0.05) is 24.8 Å². The van der Waals surface area contributed by atoms with E-state index >= 15 is 0 Å². The molecule has 0 aliphatic rings. The Morgan fingerprint density at radius 1 is 1.48 bits per heavy atom. The highest BCUT2D eigenvalue weighted by atomic mass is 16.2. The molecule has 0 spiro atoms. The lowest BCUT2D eigenvalue weighted by Gasteiger charge is -2.36. The van der Waals surface area contributed by atoms with E-state index in [0.29, 0.717) is 6.54 Å². The first-order chi connectivity index (χ1) is 9.64. The largest absolute Gasteiger partial charge is 0.332 e. The third kappa shape index (κ3) is 3.74. The average molecular weight is 291 g/mol. The molecule has 1 atom stereocenters. The van der Waals surface area contributed by atoms with Gasteiger partial charge in [-0.3, -0.25) is 9.48 Å². The van der Waals surface area contributed by atoms with E-state index in [1.807, 2.05) is 30.5 Å². The molecule has 0 bridgehead atoms. The summed E-state index contributed by atoms with van der Waals surface area (Å²) in [5.41, 5.74) is 3.31. The van der Waals surface area contributed by atoms with Crippen molar-refractivity contribution in [2.24, 2.45) is 12.5 Å². The maximum absolute atomic E-state index is 12.3. The monoisotopic (exact) mass is 291 g/mol. The fraction of sp³-hybridized carbons (Fsp3) is 0.647. The van der Waals surface area contributed by atoms with Crippen molar-refractivity contribution in [1.82, 2.24) is 14.7 Å². The second-order valence-electron chi connectivity index (χ2n) is 6.57. The lowest BCUT2D eigenvalue weighted by atomic mass is 9.88. The van der Waals surface area contributed by atoms with Crippen molar-refractivity contribution >= 4 is 5.91 Å². The molecule has 0 aliphatic carbocycles. The van der Waals surface area contributed by atoms with Crippen molar-refractivity contribution in [3.05, 3.63) is 29.6 Å². The number of aromatic nitrogens is 2. The molecule has 0 radical (unpaired) electrons. The standard InChI is InChI=1S/C17H29N3O/c1-9-15(21)20(11-17(6,7)10-2)14(5)16-12(3)18-19(8)13(16)4/h9,14H,1,10-11H2,2-8H3. The first-order valence-electron chi connectivity index (χ1n) is 7.57. The van der Waals surface area contributed by atoms with Gasteiger partial charge in [0.2, 0.25) is 5.91 Å². The molecule has 0 fully saturated rings. The van der Waals surface area contributed by atoms with E-state index in [9.17, 15) is 4.79 Å². The normalized spacial score (nSPS) is 13.1. The Labute approximate surface area is 128 Å². The summed E-state index contributed by atoms with van der Waals surface area (Å²) in [6.45, 7) is 17.0. The van der Waals surface area contributed by atoms with E-state index in [-0.39, 0.29) is 17.4 Å². The second kappa shape index (κ2) is 6.46. The van der Waals surface area contributed by atoms with Crippen molar-refractivity contribution in [2.75, 3.05) is 6.54 Å². The molecule has 1 rings (SSSR count). The number of rotatable bonds is 6. The van der Waals surface area contributed by atoms with Crippen LogP contribution in [0.4, 0.5) is 0 Å². The van der Waals surface area contributed by atoms with E-state index < -0.39 is 0 Å². The summed E-state index contributed by atoms with van der Waals surface area (Å²) in [4.78, 5) is 14.2. The number of hydrogen-bond donors (Lipinski definition) is 0. The van der Waals surface area contributed by atoms with Gasteiger partial charge in [0.1, 0.15) is 0 Å². The third-order valence-corrected chi connectivity index (χ3v) is 4.46. The molecule has 1 amide bonds. The van der Waals surface area contributed by atoms with Gasteiger partial charge in [-0.05, 0) is 38.7 Å². The lowest BCUT2D eigenvalue weighted by molar-refractivity contribution is -0.129. The highest BCUT2D eigenvalue weighted by molar-refractivity contribution is 5.87. The zero-order valence-corrected chi connectivity index (χ0v) is 14.5.